The topological polar surface area (TPSA) is 82.2 Å². The van der Waals surface area contributed by atoms with Gasteiger partial charge in [-0.05, 0) is 44.5 Å². The van der Waals surface area contributed by atoms with Gasteiger partial charge in [-0.15, -0.1) is 0 Å². The van der Waals surface area contributed by atoms with Crippen molar-refractivity contribution >= 4 is 23.3 Å². The molecule has 0 atom stereocenters. The Morgan fingerprint density at radius 2 is 1.94 bits per heavy atom. The summed E-state index contributed by atoms with van der Waals surface area (Å²) in [6, 6.07) is 17.1. The van der Waals surface area contributed by atoms with Crippen LogP contribution in [0, 0.1) is 20.8 Å². The van der Waals surface area contributed by atoms with E-state index in [0.29, 0.717) is 34.5 Å². The van der Waals surface area contributed by atoms with E-state index in [1.165, 1.54) is 5.56 Å². The van der Waals surface area contributed by atoms with E-state index in [2.05, 4.69) is 40.7 Å². The summed E-state index contributed by atoms with van der Waals surface area (Å²) in [6.45, 7) is 6.48. The third-order valence-electron chi connectivity index (χ3n) is 5.02. The first-order valence-electron chi connectivity index (χ1n) is 10.1. The summed E-state index contributed by atoms with van der Waals surface area (Å²) < 4.78 is 12.9. The summed E-state index contributed by atoms with van der Waals surface area (Å²) >= 11 is 6.00. The van der Waals surface area contributed by atoms with E-state index >= 15 is 0 Å². The highest BCUT2D eigenvalue weighted by Crippen LogP contribution is 2.22. The Morgan fingerprint density at radius 1 is 1.12 bits per heavy atom. The van der Waals surface area contributed by atoms with Gasteiger partial charge in [0.2, 0.25) is 0 Å². The van der Waals surface area contributed by atoms with E-state index in [4.69, 9.17) is 20.9 Å². The number of hydrogen-bond acceptors (Lipinski definition) is 5. The summed E-state index contributed by atoms with van der Waals surface area (Å²) in [5, 5.41) is 11.8. The third kappa shape index (κ3) is 5.00. The van der Waals surface area contributed by atoms with Crippen LogP contribution in [0.5, 0.6) is 5.75 Å². The molecule has 1 N–H and O–H groups in total. The maximum absolute atomic E-state index is 12.9. The van der Waals surface area contributed by atoms with Gasteiger partial charge in [0.15, 0.2) is 11.5 Å². The first-order valence-corrected chi connectivity index (χ1v) is 10.5. The molecule has 0 unspecified atom stereocenters. The Morgan fingerprint density at radius 3 is 2.72 bits per heavy atom. The zero-order valence-corrected chi connectivity index (χ0v) is 18.8. The summed E-state index contributed by atoms with van der Waals surface area (Å²) in [7, 11) is 0. The number of halogens is 1. The van der Waals surface area contributed by atoms with Crippen molar-refractivity contribution in [3.8, 4) is 5.75 Å². The molecule has 0 saturated heterocycles. The summed E-state index contributed by atoms with van der Waals surface area (Å²) in [6.07, 6.45) is 0. The second-order valence-electron chi connectivity index (χ2n) is 7.58. The van der Waals surface area contributed by atoms with Gasteiger partial charge in [0, 0.05) is 16.8 Å². The van der Waals surface area contributed by atoms with E-state index in [9.17, 15) is 4.79 Å². The van der Waals surface area contributed by atoms with Gasteiger partial charge in [0.1, 0.15) is 18.1 Å². The standard InChI is InChI=1S/C24H23ClN4O3/c1-15-6-4-7-18(10-15)13-29-16(2)11-22(27-29)26-24(30)23-21(17(3)32-28-23)14-31-20-9-5-8-19(25)12-20/h4-12H,13-14H2,1-3H3,(H,26,27,30). The van der Waals surface area contributed by atoms with Gasteiger partial charge in [-0.2, -0.15) is 5.10 Å². The maximum Gasteiger partial charge on any atom is 0.279 e. The number of ether oxygens (including phenoxy) is 1. The van der Waals surface area contributed by atoms with Crippen LogP contribution in [-0.4, -0.2) is 20.8 Å². The fraction of sp³-hybridized carbons (Fsp3) is 0.208. The molecular formula is C24H23ClN4O3. The van der Waals surface area contributed by atoms with Crippen LogP contribution in [-0.2, 0) is 13.2 Å². The van der Waals surface area contributed by atoms with Crippen molar-refractivity contribution in [2.75, 3.05) is 5.32 Å². The molecule has 7 nitrogen and oxygen atoms in total. The number of nitrogens with zero attached hydrogens (tertiary/aromatic N) is 3. The van der Waals surface area contributed by atoms with Crippen molar-refractivity contribution in [3.63, 3.8) is 0 Å². The van der Waals surface area contributed by atoms with Gasteiger partial charge in [-0.1, -0.05) is 52.7 Å². The van der Waals surface area contributed by atoms with Gasteiger partial charge in [0.05, 0.1) is 12.1 Å². The highest BCUT2D eigenvalue weighted by Gasteiger charge is 2.21. The van der Waals surface area contributed by atoms with E-state index in [0.717, 1.165) is 11.3 Å². The largest absolute Gasteiger partial charge is 0.489 e. The first kappa shape index (κ1) is 21.6. The average molecular weight is 451 g/mol. The van der Waals surface area contributed by atoms with Crippen LogP contribution in [0.15, 0.2) is 59.1 Å². The SMILES string of the molecule is Cc1cccc(Cn2nc(NC(=O)c3noc(C)c3COc3cccc(Cl)c3)cc2C)c1. The van der Waals surface area contributed by atoms with Crippen molar-refractivity contribution in [3.05, 3.63) is 93.5 Å². The normalized spacial score (nSPS) is 10.9. The number of carbonyl (C=O) groups excluding carboxylic acids is 1. The van der Waals surface area contributed by atoms with Gasteiger partial charge in [-0.25, -0.2) is 0 Å². The minimum atomic E-state index is -0.410. The van der Waals surface area contributed by atoms with Crippen LogP contribution in [0.3, 0.4) is 0 Å². The summed E-state index contributed by atoms with van der Waals surface area (Å²) in [5.74, 6) is 1.14. The van der Waals surface area contributed by atoms with Gasteiger partial charge < -0.3 is 14.6 Å². The lowest BCUT2D eigenvalue weighted by atomic mass is 10.1. The predicted octanol–water partition coefficient (Wildman–Crippen LogP) is 5.33. The molecule has 8 heteroatoms. The molecular weight excluding hydrogens is 428 g/mol. The summed E-state index contributed by atoms with van der Waals surface area (Å²) in [5.41, 5.74) is 3.99. The van der Waals surface area contributed by atoms with Crippen LogP contribution in [0.25, 0.3) is 0 Å². The molecule has 2 aromatic carbocycles. The van der Waals surface area contributed by atoms with Crippen LogP contribution < -0.4 is 10.1 Å². The Bertz CT molecular complexity index is 1260. The van der Waals surface area contributed by atoms with Crippen molar-refractivity contribution < 1.29 is 14.1 Å². The number of aromatic nitrogens is 3. The van der Waals surface area contributed by atoms with Crippen LogP contribution in [0.2, 0.25) is 5.02 Å². The Hall–Kier alpha value is -3.58. The molecule has 1 amide bonds. The van der Waals surface area contributed by atoms with Crippen molar-refractivity contribution in [1.82, 2.24) is 14.9 Å². The van der Waals surface area contributed by atoms with Gasteiger partial charge in [0.25, 0.3) is 5.91 Å². The van der Waals surface area contributed by atoms with Gasteiger partial charge in [-0.3, -0.25) is 9.48 Å². The molecule has 0 aliphatic rings. The highest BCUT2D eigenvalue weighted by molar-refractivity contribution is 6.30. The molecule has 0 spiro atoms. The number of benzene rings is 2. The fourth-order valence-electron chi connectivity index (χ4n) is 3.34. The van der Waals surface area contributed by atoms with E-state index in [-0.39, 0.29) is 12.3 Å². The number of amides is 1. The molecule has 164 valence electrons. The molecule has 0 radical (unpaired) electrons. The minimum absolute atomic E-state index is 0.124. The number of rotatable bonds is 7. The molecule has 0 aliphatic carbocycles. The predicted molar refractivity (Wildman–Crippen MR) is 122 cm³/mol. The first-order chi connectivity index (χ1) is 15.4. The van der Waals surface area contributed by atoms with Crippen LogP contribution >= 0.6 is 11.6 Å². The molecule has 2 aromatic heterocycles. The Kier molecular flexibility index (Phi) is 6.28. The second-order valence-corrected chi connectivity index (χ2v) is 8.02. The van der Waals surface area contributed by atoms with Gasteiger partial charge >= 0.3 is 0 Å². The second kappa shape index (κ2) is 9.28. The third-order valence-corrected chi connectivity index (χ3v) is 5.25. The lowest BCUT2D eigenvalue weighted by molar-refractivity contribution is 0.101. The van der Waals surface area contributed by atoms with E-state index in [1.54, 1.807) is 31.2 Å². The molecule has 32 heavy (non-hydrogen) atoms. The Balaban J connectivity index is 1.46. The zero-order chi connectivity index (χ0) is 22.7. The molecule has 0 saturated carbocycles. The smallest absolute Gasteiger partial charge is 0.279 e. The molecule has 0 fully saturated rings. The number of aryl methyl sites for hydroxylation is 3. The number of anilines is 1. The average Bonchev–Trinajstić information content (AvgIpc) is 3.28. The quantitative estimate of drug-likeness (QED) is 0.411. The number of carbonyl (C=O) groups is 1. The van der Waals surface area contributed by atoms with E-state index in [1.807, 2.05) is 23.7 Å². The summed E-state index contributed by atoms with van der Waals surface area (Å²) in [4.78, 5) is 12.9. The minimum Gasteiger partial charge on any atom is -0.489 e. The fourth-order valence-corrected chi connectivity index (χ4v) is 3.52. The number of hydrogen-bond donors (Lipinski definition) is 1. The lowest BCUT2D eigenvalue weighted by Gasteiger charge is -2.07. The number of nitrogens with one attached hydrogen (secondary N) is 1. The van der Waals surface area contributed by atoms with Crippen molar-refractivity contribution in [2.45, 2.75) is 33.9 Å². The van der Waals surface area contributed by atoms with Crippen LogP contribution in [0.1, 0.15) is 38.6 Å². The molecule has 2 heterocycles. The Labute approximate surface area is 190 Å². The van der Waals surface area contributed by atoms with Crippen molar-refractivity contribution in [2.24, 2.45) is 0 Å². The van der Waals surface area contributed by atoms with E-state index < -0.39 is 5.91 Å². The monoisotopic (exact) mass is 450 g/mol. The lowest BCUT2D eigenvalue weighted by Crippen LogP contribution is -2.16. The molecule has 4 aromatic rings. The van der Waals surface area contributed by atoms with Crippen LogP contribution in [0.4, 0.5) is 5.82 Å². The highest BCUT2D eigenvalue weighted by atomic mass is 35.5. The zero-order valence-electron chi connectivity index (χ0n) is 18.1. The maximum atomic E-state index is 12.9. The molecule has 4 rings (SSSR count). The van der Waals surface area contributed by atoms with Crippen molar-refractivity contribution in [1.29, 1.82) is 0 Å². The molecule has 0 bridgehead atoms. The molecule has 0 aliphatic heterocycles.